The Hall–Kier alpha value is -4.68. The van der Waals surface area contributed by atoms with Gasteiger partial charge in [-0.15, -0.1) is 8.78 Å². The Kier molecular flexibility index (Phi) is 6.54. The molecule has 4 aromatic rings. The van der Waals surface area contributed by atoms with E-state index in [2.05, 4.69) is 19.6 Å². The fourth-order valence-electron chi connectivity index (χ4n) is 5.14. The largest absolute Gasteiger partial charge is 0.586 e. The van der Waals surface area contributed by atoms with Crippen LogP contribution in [0.5, 0.6) is 17.4 Å². The SMILES string of the molecule is Cc1cccc(OC2CCCc3c(C(F)(F)F)nn(-c4cccc(C(=O)N(C)c5ccc6c(c5)OC(F)(F)O6)c4)c32)n1. The van der Waals surface area contributed by atoms with Gasteiger partial charge in [-0.2, -0.15) is 18.3 Å². The molecule has 6 rings (SSSR count). The molecule has 13 heteroatoms. The topological polar surface area (TPSA) is 78.7 Å². The van der Waals surface area contributed by atoms with E-state index in [-0.39, 0.29) is 52.0 Å². The smallest absolute Gasteiger partial charge is 0.468 e. The van der Waals surface area contributed by atoms with Gasteiger partial charge in [0, 0.05) is 41.7 Å². The van der Waals surface area contributed by atoms with Gasteiger partial charge in [0.2, 0.25) is 5.88 Å². The predicted octanol–water partition coefficient (Wildman–Crippen LogP) is 6.65. The minimum absolute atomic E-state index is 0.0393. The highest BCUT2D eigenvalue weighted by atomic mass is 19.4. The molecule has 3 heterocycles. The summed E-state index contributed by atoms with van der Waals surface area (Å²) >= 11 is 0. The zero-order valence-electron chi connectivity index (χ0n) is 22.3. The van der Waals surface area contributed by atoms with Crippen molar-refractivity contribution in [1.29, 1.82) is 0 Å². The summed E-state index contributed by atoms with van der Waals surface area (Å²) in [5.74, 6) is -0.673. The molecule has 0 saturated carbocycles. The fourth-order valence-corrected chi connectivity index (χ4v) is 5.14. The number of anilines is 1. The van der Waals surface area contributed by atoms with E-state index in [1.807, 2.05) is 0 Å². The van der Waals surface area contributed by atoms with E-state index < -0.39 is 30.2 Å². The number of alkyl halides is 5. The third kappa shape index (κ3) is 5.10. The Morgan fingerprint density at radius 2 is 1.83 bits per heavy atom. The zero-order chi connectivity index (χ0) is 29.8. The van der Waals surface area contributed by atoms with Crippen LogP contribution in [0.4, 0.5) is 27.6 Å². The molecule has 1 amide bonds. The maximum absolute atomic E-state index is 14.1. The normalized spacial score (nSPS) is 17.1. The number of nitrogens with zero attached hydrogens (tertiary/aromatic N) is 4. The van der Waals surface area contributed by atoms with E-state index in [1.165, 1.54) is 53.0 Å². The van der Waals surface area contributed by atoms with E-state index in [4.69, 9.17) is 4.74 Å². The Morgan fingerprint density at radius 1 is 1.07 bits per heavy atom. The number of aromatic nitrogens is 3. The number of fused-ring (bicyclic) bond motifs is 2. The predicted molar refractivity (Wildman–Crippen MR) is 139 cm³/mol. The second-order valence-electron chi connectivity index (χ2n) is 9.95. The van der Waals surface area contributed by atoms with Gasteiger partial charge in [0.15, 0.2) is 17.2 Å². The third-order valence-corrected chi connectivity index (χ3v) is 7.03. The molecule has 1 unspecified atom stereocenters. The van der Waals surface area contributed by atoms with Crippen molar-refractivity contribution in [1.82, 2.24) is 14.8 Å². The standard InChI is InChI=1S/C29H23F5N4O4/c1-16-6-3-11-24(35-16)40-22-10-5-9-20-25(22)38(36-26(20)28(30,31)32)19-8-4-7-17(14-19)27(39)37(2)18-12-13-21-23(15-18)42-29(33,34)41-21/h3-4,6-8,11-15,22H,5,9-10H2,1-2H3. The number of benzene rings is 2. The van der Waals surface area contributed by atoms with Crippen molar-refractivity contribution < 1.29 is 41.0 Å². The second-order valence-corrected chi connectivity index (χ2v) is 9.95. The number of carbonyl (C=O) groups is 1. The number of pyridine rings is 1. The van der Waals surface area contributed by atoms with Crippen molar-refractivity contribution in [3.8, 4) is 23.1 Å². The molecule has 0 bridgehead atoms. The molecule has 1 atom stereocenters. The van der Waals surface area contributed by atoms with Crippen molar-refractivity contribution in [3.05, 3.63) is 88.9 Å². The highest BCUT2D eigenvalue weighted by molar-refractivity contribution is 6.06. The monoisotopic (exact) mass is 586 g/mol. The maximum Gasteiger partial charge on any atom is 0.586 e. The fraction of sp³-hybridized carbons (Fsp3) is 0.276. The molecular formula is C29H23F5N4O4. The number of hydrogen-bond acceptors (Lipinski definition) is 6. The van der Waals surface area contributed by atoms with E-state index in [0.717, 1.165) is 0 Å². The van der Waals surface area contributed by atoms with Crippen molar-refractivity contribution >= 4 is 11.6 Å². The van der Waals surface area contributed by atoms with E-state index in [9.17, 15) is 26.7 Å². The zero-order valence-corrected chi connectivity index (χ0v) is 22.3. The van der Waals surface area contributed by atoms with Crippen LogP contribution >= 0.6 is 0 Å². The number of hydrogen-bond donors (Lipinski definition) is 0. The van der Waals surface area contributed by atoms with Crippen molar-refractivity contribution in [2.24, 2.45) is 0 Å². The first kappa shape index (κ1) is 27.5. The van der Waals surface area contributed by atoms with Crippen molar-refractivity contribution in [3.63, 3.8) is 0 Å². The maximum atomic E-state index is 14.1. The first-order valence-corrected chi connectivity index (χ1v) is 13.0. The van der Waals surface area contributed by atoms with Crippen molar-refractivity contribution in [2.75, 3.05) is 11.9 Å². The van der Waals surface area contributed by atoms with Gasteiger partial charge in [0.05, 0.1) is 11.4 Å². The molecule has 0 fully saturated rings. The van der Waals surface area contributed by atoms with Crippen LogP contribution in [0.15, 0.2) is 60.7 Å². The van der Waals surface area contributed by atoms with Crippen LogP contribution in [-0.2, 0) is 12.6 Å². The number of rotatable bonds is 5. The van der Waals surface area contributed by atoms with Crippen LogP contribution in [0.25, 0.3) is 5.69 Å². The van der Waals surface area contributed by atoms with E-state index in [1.54, 1.807) is 31.2 Å². The van der Waals surface area contributed by atoms with E-state index in [0.29, 0.717) is 18.5 Å². The van der Waals surface area contributed by atoms with Gasteiger partial charge in [0.25, 0.3) is 5.91 Å². The van der Waals surface area contributed by atoms with Gasteiger partial charge in [-0.3, -0.25) is 4.79 Å². The summed E-state index contributed by atoms with van der Waals surface area (Å²) in [6.07, 6.45) is -8.22. The van der Waals surface area contributed by atoms with Gasteiger partial charge in [0.1, 0.15) is 6.10 Å². The average Bonchev–Trinajstić information content (AvgIpc) is 3.49. The molecule has 0 N–H and O–H groups in total. The lowest BCUT2D eigenvalue weighted by molar-refractivity contribution is -0.286. The number of ether oxygens (including phenoxy) is 3. The van der Waals surface area contributed by atoms with Crippen LogP contribution in [0.3, 0.4) is 0 Å². The number of aryl methyl sites for hydroxylation is 1. The van der Waals surface area contributed by atoms with Gasteiger partial charge in [-0.25, -0.2) is 9.67 Å². The summed E-state index contributed by atoms with van der Waals surface area (Å²) < 4.78 is 85.3. The minimum atomic E-state index is -4.71. The number of halogens is 5. The Labute approximate surface area is 236 Å². The van der Waals surface area contributed by atoms with Gasteiger partial charge < -0.3 is 19.1 Å². The molecule has 0 saturated heterocycles. The number of amides is 1. The molecule has 218 valence electrons. The van der Waals surface area contributed by atoms with Gasteiger partial charge in [-0.1, -0.05) is 12.1 Å². The van der Waals surface area contributed by atoms with Crippen molar-refractivity contribution in [2.45, 2.75) is 44.8 Å². The first-order valence-electron chi connectivity index (χ1n) is 13.0. The van der Waals surface area contributed by atoms with Crippen LogP contribution < -0.4 is 19.1 Å². The third-order valence-electron chi connectivity index (χ3n) is 7.03. The summed E-state index contributed by atoms with van der Waals surface area (Å²) in [4.78, 5) is 18.9. The minimum Gasteiger partial charge on any atom is -0.468 e. The molecule has 2 aliphatic rings. The van der Waals surface area contributed by atoms with E-state index >= 15 is 0 Å². The molecule has 42 heavy (non-hydrogen) atoms. The van der Waals surface area contributed by atoms with Gasteiger partial charge >= 0.3 is 12.5 Å². The summed E-state index contributed by atoms with van der Waals surface area (Å²) in [6.45, 7) is 1.78. The van der Waals surface area contributed by atoms with Crippen LogP contribution in [0.2, 0.25) is 0 Å². The molecule has 8 nitrogen and oxygen atoms in total. The second kappa shape index (κ2) is 10.00. The lowest BCUT2D eigenvalue weighted by Gasteiger charge is -2.25. The summed E-state index contributed by atoms with van der Waals surface area (Å²) in [5, 5.41) is 3.96. The highest BCUT2D eigenvalue weighted by Gasteiger charge is 2.44. The Morgan fingerprint density at radius 3 is 2.60 bits per heavy atom. The Bertz CT molecular complexity index is 1690. The molecule has 2 aromatic carbocycles. The average molecular weight is 587 g/mol. The lowest BCUT2D eigenvalue weighted by Crippen LogP contribution is -2.26. The molecule has 0 spiro atoms. The summed E-state index contributed by atoms with van der Waals surface area (Å²) in [5.41, 5.74) is 0.557. The Balaban J connectivity index is 1.36. The molecule has 0 radical (unpaired) electrons. The van der Waals surface area contributed by atoms with Crippen LogP contribution in [0, 0.1) is 6.92 Å². The molecule has 1 aliphatic heterocycles. The van der Waals surface area contributed by atoms with Gasteiger partial charge in [-0.05, 0) is 62.6 Å². The summed E-state index contributed by atoms with van der Waals surface area (Å²) in [6, 6.07) is 15.1. The quantitative estimate of drug-likeness (QED) is 0.244. The molecular weight excluding hydrogens is 563 g/mol. The van der Waals surface area contributed by atoms with Crippen LogP contribution in [-0.4, -0.2) is 34.0 Å². The highest BCUT2D eigenvalue weighted by Crippen LogP contribution is 2.44. The van der Waals surface area contributed by atoms with Crippen LogP contribution in [0.1, 0.15) is 51.9 Å². The lowest BCUT2D eigenvalue weighted by atomic mass is 9.93. The number of carbonyl (C=O) groups excluding carboxylic acids is 1. The first-order chi connectivity index (χ1) is 19.9. The summed E-state index contributed by atoms with van der Waals surface area (Å²) in [7, 11) is 1.43. The molecule has 1 aliphatic carbocycles. The molecule has 2 aromatic heterocycles.